The Balaban J connectivity index is 1.50. The van der Waals surface area contributed by atoms with Crippen molar-refractivity contribution in [3.8, 4) is 0 Å². The molecule has 2 aromatic carbocycles. The van der Waals surface area contributed by atoms with Crippen molar-refractivity contribution < 1.29 is 75.7 Å². The summed E-state index contributed by atoms with van der Waals surface area (Å²) in [7, 11) is -19.9. The quantitative estimate of drug-likeness (QED) is 0.0645. The molecule has 0 bridgehead atoms. The van der Waals surface area contributed by atoms with E-state index >= 15 is 0 Å². The number of imide groups is 1. The highest BCUT2D eigenvalue weighted by molar-refractivity contribution is 7.87. The molecule has 1 saturated heterocycles. The molecule has 2 aromatic rings. The first-order valence-corrected chi connectivity index (χ1v) is 24.1. The van der Waals surface area contributed by atoms with E-state index in [2.05, 4.69) is 0 Å². The van der Waals surface area contributed by atoms with Gasteiger partial charge in [0.15, 0.2) is 5.71 Å². The fraction of sp³-hybridized carbons (Fsp3) is 0.405. The molecular weight excluding hydrogens is 871 g/mol. The first kappa shape index (κ1) is 46.4. The third kappa shape index (κ3) is 9.17. The Bertz CT molecular complexity index is 2750. The molecule has 0 atom stereocenters. The minimum Gasteiger partial charge on any atom is -0.344 e. The van der Waals surface area contributed by atoms with E-state index in [9.17, 15) is 66.3 Å². The number of carbonyl (C=O) groups is 3. The van der Waals surface area contributed by atoms with Gasteiger partial charge in [-0.05, 0) is 57.9 Å². The number of rotatable bonds is 15. The zero-order chi connectivity index (χ0) is 45.0. The molecule has 0 radical (unpaired) electrons. The van der Waals surface area contributed by atoms with Crippen LogP contribution < -0.4 is 4.90 Å². The summed E-state index contributed by atoms with van der Waals surface area (Å²) in [6, 6.07) is 3.54. The molecule has 326 valence electrons. The topological polar surface area (TPSA) is 287 Å². The van der Waals surface area contributed by atoms with E-state index in [4.69, 9.17) is 4.84 Å². The lowest BCUT2D eigenvalue weighted by atomic mass is 9.81. The number of allylic oxidation sites excluding steroid dienone is 6. The second kappa shape index (κ2) is 16.3. The van der Waals surface area contributed by atoms with Gasteiger partial charge in [-0.25, -0.2) is 4.79 Å². The zero-order valence-electron chi connectivity index (χ0n) is 33.0. The van der Waals surface area contributed by atoms with Crippen LogP contribution in [-0.4, -0.2) is 98.1 Å². The standard InChI is InChI=1S/C37H43N3O16S4/c1-6-38-25-19-23(57(44,45)46)21-27(59(50,51)52)34(25)36(2,3)29(38)13-9-7-10-14-30-37(4,5)35-26(20-24(58(47,48)49)22-28(35)60(53,54)55)39(30)18-12-8-11-15-33(43)56-40-31(41)16-17-32(40)42/h7,9-10,13-14,19-22H,6,8,11-12,15-18H2,1-5H3,(H3-,44,45,46,47,48,49,50,51,52,53,54,55)/p+1. The molecule has 4 N–H and O–H groups in total. The minimum absolute atomic E-state index is 0.0367. The molecule has 3 aliphatic rings. The Hall–Kier alpha value is -4.62. The summed E-state index contributed by atoms with van der Waals surface area (Å²) in [5.41, 5.74) is -1.11. The highest BCUT2D eigenvalue weighted by Gasteiger charge is 2.49. The predicted octanol–water partition coefficient (Wildman–Crippen LogP) is 4.03. The molecular formula is C37H44N3O16S4+. The fourth-order valence-electron chi connectivity index (χ4n) is 7.79. The average Bonchev–Trinajstić information content (AvgIpc) is 3.63. The summed E-state index contributed by atoms with van der Waals surface area (Å²) in [6.45, 7) is 8.66. The van der Waals surface area contributed by atoms with Crippen molar-refractivity contribution in [3.05, 3.63) is 71.5 Å². The number of hydrogen-bond donors (Lipinski definition) is 4. The van der Waals surface area contributed by atoms with Gasteiger partial charge in [-0.15, -0.1) is 5.06 Å². The van der Waals surface area contributed by atoms with Crippen molar-refractivity contribution in [2.75, 3.05) is 18.0 Å². The normalized spacial score (nSPS) is 18.7. The van der Waals surface area contributed by atoms with E-state index in [1.54, 1.807) is 74.5 Å². The molecule has 5 rings (SSSR count). The van der Waals surface area contributed by atoms with Gasteiger partial charge >= 0.3 is 5.97 Å². The van der Waals surface area contributed by atoms with Crippen LogP contribution >= 0.6 is 0 Å². The maximum Gasteiger partial charge on any atom is 0.333 e. The summed E-state index contributed by atoms with van der Waals surface area (Å²) in [4.78, 5) is 39.5. The van der Waals surface area contributed by atoms with Crippen molar-refractivity contribution >= 4 is 75.3 Å². The molecule has 60 heavy (non-hydrogen) atoms. The first-order chi connectivity index (χ1) is 27.5. The van der Waals surface area contributed by atoms with Crippen LogP contribution in [0.1, 0.15) is 84.3 Å². The minimum atomic E-state index is -5.06. The summed E-state index contributed by atoms with van der Waals surface area (Å²) in [5, 5.41) is 0.443. The van der Waals surface area contributed by atoms with E-state index in [1.165, 1.54) is 0 Å². The Morgan fingerprint density at radius 1 is 0.733 bits per heavy atom. The van der Waals surface area contributed by atoms with Crippen molar-refractivity contribution in [2.24, 2.45) is 0 Å². The summed E-state index contributed by atoms with van der Waals surface area (Å²) < 4.78 is 141. The van der Waals surface area contributed by atoms with Crippen LogP contribution in [0.25, 0.3) is 0 Å². The smallest absolute Gasteiger partial charge is 0.333 e. The van der Waals surface area contributed by atoms with Crippen molar-refractivity contribution in [2.45, 2.75) is 104 Å². The lowest BCUT2D eigenvalue weighted by Gasteiger charge is -2.26. The van der Waals surface area contributed by atoms with Crippen LogP contribution in [-0.2, 0) is 70.5 Å². The lowest BCUT2D eigenvalue weighted by molar-refractivity contribution is -0.438. The maximum absolute atomic E-state index is 12.7. The number of fused-ring (bicyclic) bond motifs is 2. The van der Waals surface area contributed by atoms with Gasteiger partial charge in [0.1, 0.15) is 21.2 Å². The molecule has 0 spiro atoms. The number of anilines is 1. The maximum atomic E-state index is 12.7. The van der Waals surface area contributed by atoms with Gasteiger partial charge in [0.2, 0.25) is 5.69 Å². The molecule has 2 amide bonds. The van der Waals surface area contributed by atoms with E-state index in [1.807, 2.05) is 0 Å². The van der Waals surface area contributed by atoms with Gasteiger partial charge in [-0.2, -0.15) is 38.2 Å². The second-order valence-electron chi connectivity index (χ2n) is 15.2. The molecule has 1 fully saturated rings. The van der Waals surface area contributed by atoms with E-state index in [0.29, 0.717) is 41.4 Å². The summed E-state index contributed by atoms with van der Waals surface area (Å²) >= 11 is 0. The van der Waals surface area contributed by atoms with Crippen LogP contribution in [0.5, 0.6) is 0 Å². The van der Waals surface area contributed by atoms with Crippen LogP contribution in [0.2, 0.25) is 0 Å². The van der Waals surface area contributed by atoms with E-state index in [0.717, 1.165) is 12.1 Å². The van der Waals surface area contributed by atoms with Crippen LogP contribution in [0.3, 0.4) is 0 Å². The molecule has 23 heteroatoms. The average molecular weight is 915 g/mol. The molecule has 3 heterocycles. The van der Waals surface area contributed by atoms with Crippen LogP contribution in [0.4, 0.5) is 11.4 Å². The Kier molecular flexibility index (Phi) is 12.6. The number of nitrogens with zero attached hydrogens (tertiary/aromatic N) is 3. The van der Waals surface area contributed by atoms with Crippen molar-refractivity contribution in [3.63, 3.8) is 0 Å². The molecule has 0 aromatic heterocycles. The van der Waals surface area contributed by atoms with Gasteiger partial charge < -0.3 is 9.74 Å². The highest BCUT2D eigenvalue weighted by Crippen LogP contribution is 2.51. The zero-order valence-corrected chi connectivity index (χ0v) is 36.3. The monoisotopic (exact) mass is 914 g/mol. The lowest BCUT2D eigenvalue weighted by Crippen LogP contribution is -2.31. The van der Waals surface area contributed by atoms with Gasteiger partial charge in [0, 0.05) is 66.7 Å². The molecule has 3 aliphatic heterocycles. The molecule has 0 saturated carbocycles. The molecule has 0 unspecified atom stereocenters. The number of benzene rings is 2. The van der Waals surface area contributed by atoms with Gasteiger partial charge in [0.05, 0.1) is 15.9 Å². The van der Waals surface area contributed by atoms with Crippen molar-refractivity contribution in [1.82, 2.24) is 5.06 Å². The van der Waals surface area contributed by atoms with Gasteiger partial charge in [0.25, 0.3) is 52.3 Å². The molecule has 0 aliphatic carbocycles. The number of amides is 2. The largest absolute Gasteiger partial charge is 0.344 e. The number of hydroxylamine groups is 2. The van der Waals surface area contributed by atoms with Crippen LogP contribution in [0, 0.1) is 0 Å². The predicted molar refractivity (Wildman–Crippen MR) is 213 cm³/mol. The van der Waals surface area contributed by atoms with E-state index in [-0.39, 0.29) is 61.3 Å². The molecule has 19 nitrogen and oxygen atoms in total. The summed E-state index contributed by atoms with van der Waals surface area (Å²) in [5.74, 6) is -2.05. The number of hydrogen-bond acceptors (Lipinski definition) is 13. The Morgan fingerprint density at radius 2 is 1.28 bits per heavy atom. The number of carbonyl (C=O) groups excluding carboxylic acids is 3. The third-order valence-corrected chi connectivity index (χ3v) is 13.9. The Labute approximate surface area is 347 Å². The van der Waals surface area contributed by atoms with Crippen molar-refractivity contribution in [1.29, 1.82) is 0 Å². The van der Waals surface area contributed by atoms with Gasteiger partial charge in [-0.1, -0.05) is 32.1 Å². The third-order valence-electron chi connectivity index (χ3n) is 10.5. The Morgan fingerprint density at radius 3 is 1.82 bits per heavy atom. The number of unbranched alkanes of at least 4 members (excludes halogenated alkanes) is 2. The summed E-state index contributed by atoms with van der Waals surface area (Å²) in [6.07, 6.45) is 8.65. The van der Waals surface area contributed by atoms with Crippen LogP contribution in [0.15, 0.2) is 79.9 Å². The van der Waals surface area contributed by atoms with E-state index < -0.39 is 88.7 Å². The fourth-order valence-corrected chi connectivity index (χ4v) is 10.8. The number of likely N-dealkylation sites (N-methyl/N-ethyl adjacent to an activating group) is 1. The first-order valence-electron chi connectivity index (χ1n) is 18.3. The highest BCUT2D eigenvalue weighted by atomic mass is 32.2. The second-order valence-corrected chi connectivity index (χ2v) is 20.8. The SMILES string of the molecule is CCN1/C(=C/C=C/C=C/C2=[N+](CCCCCC(=O)ON3C(=O)CCC3=O)c3cc(S(=O)(=O)O)cc(S(=O)(=O)O)c3C2(C)C)C(C)(C)c2c1cc(S(=O)(=O)O)cc2S(=O)(=O)O. The van der Waals surface area contributed by atoms with Gasteiger partial charge in [-0.3, -0.25) is 27.8 Å².